The van der Waals surface area contributed by atoms with Crippen LogP contribution in [0.15, 0.2) is 0 Å². The summed E-state index contributed by atoms with van der Waals surface area (Å²) >= 11 is 0. The predicted octanol–water partition coefficient (Wildman–Crippen LogP) is 1.12. The molecule has 16 heavy (non-hydrogen) atoms. The van der Waals surface area contributed by atoms with Crippen molar-refractivity contribution in [3.05, 3.63) is 0 Å². The predicted molar refractivity (Wildman–Crippen MR) is 64.5 cm³/mol. The first-order valence-electron chi connectivity index (χ1n) is 6.01. The van der Waals surface area contributed by atoms with Gasteiger partial charge in [0.15, 0.2) is 0 Å². The van der Waals surface area contributed by atoms with Gasteiger partial charge in [-0.15, -0.1) is 0 Å². The Morgan fingerprint density at radius 2 is 1.81 bits per heavy atom. The summed E-state index contributed by atoms with van der Waals surface area (Å²) in [4.78, 5) is 8.81. The molecule has 0 radical (unpaired) electrons. The van der Waals surface area contributed by atoms with E-state index in [0.29, 0.717) is 0 Å². The van der Waals surface area contributed by atoms with Gasteiger partial charge < -0.3 is 20.0 Å². The fourth-order valence-corrected chi connectivity index (χ4v) is 2.45. The topological polar surface area (TPSA) is 58.6 Å². The van der Waals surface area contributed by atoms with Crippen LogP contribution >= 0.6 is 0 Å². The Bertz CT molecular complexity index is 200. The maximum Gasteiger partial charge on any atom is 0.116 e. The van der Waals surface area contributed by atoms with Gasteiger partial charge in [-0.2, -0.15) is 0 Å². The number of aliphatic hydroxyl groups is 1. The molecule has 2 saturated heterocycles. The lowest BCUT2D eigenvalue weighted by Crippen LogP contribution is -2.57. The van der Waals surface area contributed by atoms with Crippen molar-refractivity contribution in [2.45, 2.75) is 51.2 Å². The number of fused-ring (bicyclic) bond motifs is 1. The van der Waals surface area contributed by atoms with Crippen molar-refractivity contribution in [2.75, 3.05) is 20.2 Å². The van der Waals surface area contributed by atoms with Crippen molar-refractivity contribution >= 4 is 6.29 Å². The summed E-state index contributed by atoms with van der Waals surface area (Å²) in [5.41, 5.74) is -0.0612. The zero-order valence-electron chi connectivity index (χ0n) is 10.9. The molecule has 2 N–H and O–H groups in total. The number of likely N-dealkylation sites (N-methyl/N-ethyl adjacent to an activating group) is 1. The lowest BCUT2D eigenvalue weighted by atomic mass is 9.89. The first kappa shape index (κ1) is 15.6. The van der Waals surface area contributed by atoms with Gasteiger partial charge in [0.1, 0.15) is 6.29 Å². The molecule has 0 amide bonds. The second-order valence-electron chi connectivity index (χ2n) is 4.07. The van der Waals surface area contributed by atoms with Crippen LogP contribution in [0.5, 0.6) is 0 Å². The van der Waals surface area contributed by atoms with Crippen molar-refractivity contribution in [2.24, 2.45) is 0 Å². The number of hydrogen-bond donors (Lipinski definition) is 2. The van der Waals surface area contributed by atoms with Crippen molar-refractivity contribution in [3.8, 4) is 0 Å². The second-order valence-corrected chi connectivity index (χ2v) is 4.07. The SMILES string of the molecule is CC.CC=O.CNCC12CCC(CO)(C1)O2. The number of ether oxygens (including phenoxy) is 1. The minimum atomic E-state index is -0.142. The fourth-order valence-electron chi connectivity index (χ4n) is 2.45. The molecule has 1 aliphatic carbocycles. The molecule has 2 unspecified atom stereocenters. The van der Waals surface area contributed by atoms with Crippen LogP contribution in [0.2, 0.25) is 0 Å². The Hall–Kier alpha value is -0.450. The van der Waals surface area contributed by atoms with E-state index in [1.54, 1.807) is 0 Å². The highest BCUT2D eigenvalue weighted by Crippen LogP contribution is 2.54. The van der Waals surface area contributed by atoms with Crippen LogP contribution in [0, 0.1) is 0 Å². The van der Waals surface area contributed by atoms with Gasteiger partial charge >= 0.3 is 0 Å². The molecule has 3 aliphatic rings. The molecule has 2 aliphatic heterocycles. The van der Waals surface area contributed by atoms with Gasteiger partial charge in [-0.3, -0.25) is 0 Å². The van der Waals surface area contributed by atoms with Crippen LogP contribution in [-0.2, 0) is 9.53 Å². The minimum Gasteiger partial charge on any atom is -0.393 e. The van der Waals surface area contributed by atoms with E-state index in [2.05, 4.69) is 5.32 Å². The van der Waals surface area contributed by atoms with Crippen LogP contribution in [0.25, 0.3) is 0 Å². The number of hydrogen-bond acceptors (Lipinski definition) is 4. The molecule has 0 aromatic heterocycles. The Kier molecular flexibility index (Phi) is 6.79. The lowest BCUT2D eigenvalue weighted by molar-refractivity contribution is -0.231. The average molecular weight is 231 g/mol. The summed E-state index contributed by atoms with van der Waals surface area (Å²) in [5, 5.41) is 12.1. The number of aldehydes is 1. The quantitative estimate of drug-likeness (QED) is 0.715. The molecule has 1 saturated carbocycles. The third kappa shape index (κ3) is 3.27. The van der Waals surface area contributed by atoms with Gasteiger partial charge in [-0.1, -0.05) is 13.8 Å². The third-order valence-electron chi connectivity index (χ3n) is 2.90. The molecule has 2 heterocycles. The van der Waals surface area contributed by atoms with E-state index < -0.39 is 0 Å². The van der Waals surface area contributed by atoms with E-state index >= 15 is 0 Å². The van der Waals surface area contributed by atoms with Crippen LogP contribution in [0.3, 0.4) is 0 Å². The minimum absolute atomic E-state index is 0.0808. The van der Waals surface area contributed by atoms with E-state index in [-0.39, 0.29) is 17.8 Å². The summed E-state index contributed by atoms with van der Waals surface area (Å²) in [5.74, 6) is 0. The molecular weight excluding hydrogens is 206 g/mol. The highest BCUT2D eigenvalue weighted by Gasteiger charge is 2.61. The molecule has 96 valence electrons. The van der Waals surface area contributed by atoms with E-state index in [1.165, 1.54) is 6.92 Å². The van der Waals surface area contributed by atoms with Crippen LogP contribution in [0.4, 0.5) is 0 Å². The number of rotatable bonds is 3. The zero-order valence-corrected chi connectivity index (χ0v) is 10.9. The molecule has 2 bridgehead atoms. The molecule has 2 atom stereocenters. The third-order valence-corrected chi connectivity index (χ3v) is 2.90. The van der Waals surface area contributed by atoms with Crippen LogP contribution in [-0.4, -0.2) is 42.8 Å². The van der Waals surface area contributed by atoms with E-state index in [0.717, 1.165) is 32.1 Å². The fraction of sp³-hybridized carbons (Fsp3) is 0.917. The number of carbonyl (C=O) groups is 1. The van der Waals surface area contributed by atoms with Gasteiger partial charge in [0.25, 0.3) is 0 Å². The molecule has 4 heteroatoms. The van der Waals surface area contributed by atoms with Crippen molar-refractivity contribution < 1.29 is 14.6 Å². The summed E-state index contributed by atoms with van der Waals surface area (Å²) in [6.45, 7) is 6.56. The summed E-state index contributed by atoms with van der Waals surface area (Å²) < 4.78 is 5.70. The summed E-state index contributed by atoms with van der Waals surface area (Å²) in [6, 6.07) is 0. The monoisotopic (exact) mass is 231 g/mol. The van der Waals surface area contributed by atoms with E-state index in [4.69, 9.17) is 14.6 Å². The summed E-state index contributed by atoms with van der Waals surface area (Å²) in [6.07, 6.45) is 3.93. The number of aliphatic hydroxyl groups excluding tert-OH is 1. The van der Waals surface area contributed by atoms with Gasteiger partial charge in [-0.05, 0) is 26.8 Å². The molecule has 0 aromatic rings. The maximum atomic E-state index is 9.00. The van der Waals surface area contributed by atoms with Gasteiger partial charge in [0.05, 0.1) is 17.8 Å². The first-order valence-corrected chi connectivity index (χ1v) is 6.01. The maximum absolute atomic E-state index is 9.00. The van der Waals surface area contributed by atoms with Crippen molar-refractivity contribution in [1.29, 1.82) is 0 Å². The number of nitrogens with one attached hydrogen (secondary N) is 1. The van der Waals surface area contributed by atoms with Crippen LogP contribution < -0.4 is 5.32 Å². The van der Waals surface area contributed by atoms with Crippen molar-refractivity contribution in [3.63, 3.8) is 0 Å². The molecule has 3 rings (SSSR count). The Balaban J connectivity index is 0.000000394. The Morgan fingerprint density at radius 1 is 1.38 bits per heavy atom. The lowest BCUT2D eigenvalue weighted by Gasteiger charge is -2.46. The van der Waals surface area contributed by atoms with E-state index in [1.807, 2.05) is 20.9 Å². The van der Waals surface area contributed by atoms with Gasteiger partial charge in [0, 0.05) is 13.0 Å². The molecular formula is C12H25NO3. The Morgan fingerprint density at radius 3 is 2.12 bits per heavy atom. The largest absolute Gasteiger partial charge is 0.393 e. The molecule has 0 aromatic carbocycles. The Labute approximate surface area is 98.4 Å². The highest BCUT2D eigenvalue weighted by molar-refractivity contribution is 5.44. The molecule has 0 spiro atoms. The molecule has 3 fully saturated rings. The standard InChI is InChI=1S/C8H15NO2.C2H4O.C2H6/c1-9-5-7-2-3-8(4-7,6-10)11-7;1-2-3;1-2/h9-10H,2-6H2,1H3;2H,1H3;1-2H3. The van der Waals surface area contributed by atoms with Crippen LogP contribution in [0.1, 0.15) is 40.0 Å². The smallest absolute Gasteiger partial charge is 0.116 e. The second kappa shape index (κ2) is 6.99. The normalized spacial score (nSPS) is 33.8. The summed E-state index contributed by atoms with van der Waals surface area (Å²) in [7, 11) is 1.94. The van der Waals surface area contributed by atoms with Gasteiger partial charge in [-0.25, -0.2) is 0 Å². The van der Waals surface area contributed by atoms with Crippen molar-refractivity contribution in [1.82, 2.24) is 5.32 Å². The average Bonchev–Trinajstić information content (AvgIpc) is 2.78. The molecule has 4 nitrogen and oxygen atoms in total. The van der Waals surface area contributed by atoms with E-state index in [9.17, 15) is 0 Å². The highest BCUT2D eigenvalue weighted by atomic mass is 16.6. The van der Waals surface area contributed by atoms with Gasteiger partial charge in [0.2, 0.25) is 0 Å². The number of carbonyl (C=O) groups excluding carboxylic acids is 1. The zero-order chi connectivity index (χ0) is 12.7. The first-order chi connectivity index (χ1) is 7.66.